The Labute approximate surface area is 168 Å². The molecule has 0 fully saturated rings. The molecule has 27 heavy (non-hydrogen) atoms. The largest absolute Gasteiger partial charge is 0.464 e. The molecule has 0 N–H and O–H groups in total. The highest BCUT2D eigenvalue weighted by molar-refractivity contribution is 7.98. The molecule has 1 aromatic carbocycles. The number of rotatable bonds is 5. The third-order valence-electron chi connectivity index (χ3n) is 3.32. The molecule has 0 aliphatic carbocycles. The molecule has 2 aromatic heterocycles. The molecule has 2 heterocycles. The van der Waals surface area contributed by atoms with Crippen LogP contribution >= 0.6 is 35.0 Å². The van der Waals surface area contributed by atoms with Crippen LogP contribution in [-0.2, 0) is 5.75 Å². The molecule has 3 aromatic rings. The standard InChI is InChI=1S/C18H12Cl2N2O4S/c1-10-4-5-21-18(22-10)27-9-12-7-15(23)16(8-25-12)26-17(24)13-6-11(19)2-3-14(13)20/h2-8H,9H2,1H3. The summed E-state index contributed by atoms with van der Waals surface area (Å²) in [6.07, 6.45) is 2.75. The van der Waals surface area contributed by atoms with E-state index in [9.17, 15) is 9.59 Å². The summed E-state index contributed by atoms with van der Waals surface area (Å²) in [5.74, 6) is -0.287. The maximum Gasteiger partial charge on any atom is 0.345 e. The van der Waals surface area contributed by atoms with Gasteiger partial charge in [-0.05, 0) is 31.2 Å². The number of carbonyl (C=O) groups is 1. The predicted octanol–water partition coefficient (Wildman–Crippen LogP) is 4.56. The van der Waals surface area contributed by atoms with Gasteiger partial charge in [0.1, 0.15) is 12.0 Å². The molecule has 0 unspecified atom stereocenters. The van der Waals surface area contributed by atoms with Crippen molar-refractivity contribution in [2.75, 3.05) is 0 Å². The third kappa shape index (κ3) is 5.09. The van der Waals surface area contributed by atoms with Crippen molar-refractivity contribution in [3.05, 3.63) is 80.1 Å². The lowest BCUT2D eigenvalue weighted by atomic mass is 10.2. The zero-order valence-corrected chi connectivity index (χ0v) is 16.3. The molecular formula is C18H12Cl2N2O4S. The van der Waals surface area contributed by atoms with E-state index >= 15 is 0 Å². The van der Waals surface area contributed by atoms with E-state index in [4.69, 9.17) is 32.4 Å². The number of aryl methyl sites for hydroxylation is 1. The lowest BCUT2D eigenvalue weighted by molar-refractivity contribution is 0.0729. The number of benzene rings is 1. The Morgan fingerprint density at radius 3 is 2.81 bits per heavy atom. The quantitative estimate of drug-likeness (QED) is 0.338. The summed E-state index contributed by atoms with van der Waals surface area (Å²) in [4.78, 5) is 32.8. The number of carbonyl (C=O) groups excluding carboxylic acids is 1. The molecule has 0 radical (unpaired) electrons. The Morgan fingerprint density at radius 1 is 1.26 bits per heavy atom. The van der Waals surface area contributed by atoms with Crippen LogP contribution in [0.15, 0.2) is 57.2 Å². The monoisotopic (exact) mass is 422 g/mol. The van der Waals surface area contributed by atoms with Crippen molar-refractivity contribution < 1.29 is 13.9 Å². The Morgan fingerprint density at radius 2 is 2.07 bits per heavy atom. The van der Waals surface area contributed by atoms with Gasteiger partial charge in [-0.3, -0.25) is 4.79 Å². The van der Waals surface area contributed by atoms with Crippen LogP contribution in [0.25, 0.3) is 0 Å². The molecule has 0 bridgehead atoms. The maximum absolute atomic E-state index is 12.2. The van der Waals surface area contributed by atoms with Gasteiger partial charge in [-0.25, -0.2) is 14.8 Å². The van der Waals surface area contributed by atoms with Gasteiger partial charge < -0.3 is 9.15 Å². The molecule has 0 amide bonds. The number of thioether (sulfide) groups is 1. The molecule has 0 aliphatic rings. The molecule has 9 heteroatoms. The normalized spacial score (nSPS) is 10.6. The lowest BCUT2D eigenvalue weighted by Crippen LogP contribution is -2.15. The molecule has 0 saturated carbocycles. The number of aromatic nitrogens is 2. The van der Waals surface area contributed by atoms with Gasteiger partial charge >= 0.3 is 5.97 Å². The number of halogens is 2. The number of hydrogen-bond acceptors (Lipinski definition) is 7. The minimum Gasteiger partial charge on any atom is -0.464 e. The minimum absolute atomic E-state index is 0.0554. The van der Waals surface area contributed by atoms with E-state index in [1.54, 1.807) is 18.3 Å². The van der Waals surface area contributed by atoms with Crippen molar-refractivity contribution in [1.29, 1.82) is 0 Å². The second kappa shape index (κ2) is 8.56. The number of nitrogens with zero attached hydrogens (tertiary/aromatic N) is 2. The molecule has 0 saturated heterocycles. The highest BCUT2D eigenvalue weighted by Gasteiger charge is 2.16. The van der Waals surface area contributed by atoms with Crippen LogP contribution in [0, 0.1) is 6.92 Å². The lowest BCUT2D eigenvalue weighted by Gasteiger charge is -2.06. The fraction of sp³-hybridized carbons (Fsp3) is 0.111. The van der Waals surface area contributed by atoms with Crippen molar-refractivity contribution in [2.24, 2.45) is 0 Å². The Balaban J connectivity index is 1.70. The van der Waals surface area contributed by atoms with E-state index in [1.807, 2.05) is 6.92 Å². The van der Waals surface area contributed by atoms with Crippen LogP contribution < -0.4 is 10.2 Å². The Kier molecular flexibility index (Phi) is 6.15. The van der Waals surface area contributed by atoms with E-state index in [-0.39, 0.29) is 16.3 Å². The fourth-order valence-electron chi connectivity index (χ4n) is 2.03. The SMILES string of the molecule is Cc1ccnc(SCc2cc(=O)c(OC(=O)c3cc(Cl)ccc3Cl)co2)n1. The summed E-state index contributed by atoms with van der Waals surface area (Å²) in [5, 5.41) is 1.06. The highest BCUT2D eigenvalue weighted by atomic mass is 35.5. The average Bonchev–Trinajstić information content (AvgIpc) is 2.64. The first-order valence-electron chi connectivity index (χ1n) is 7.64. The van der Waals surface area contributed by atoms with E-state index in [0.717, 1.165) is 12.0 Å². The highest BCUT2D eigenvalue weighted by Crippen LogP contribution is 2.23. The van der Waals surface area contributed by atoms with Crippen molar-refractivity contribution in [2.45, 2.75) is 17.8 Å². The smallest absolute Gasteiger partial charge is 0.345 e. The van der Waals surface area contributed by atoms with Crippen molar-refractivity contribution in [3.8, 4) is 5.75 Å². The second-order valence-corrected chi connectivity index (χ2v) is 7.14. The van der Waals surface area contributed by atoms with Crippen molar-refractivity contribution in [1.82, 2.24) is 9.97 Å². The Bertz CT molecular complexity index is 1060. The van der Waals surface area contributed by atoms with Gasteiger partial charge in [0.05, 0.1) is 16.3 Å². The number of esters is 1. The fourth-order valence-corrected chi connectivity index (χ4v) is 3.16. The molecule has 3 rings (SSSR count). The van der Waals surface area contributed by atoms with Crippen LogP contribution in [0.3, 0.4) is 0 Å². The van der Waals surface area contributed by atoms with Gasteiger partial charge in [0, 0.05) is 23.0 Å². The minimum atomic E-state index is -0.801. The molecule has 6 nitrogen and oxygen atoms in total. The second-order valence-electron chi connectivity index (χ2n) is 5.36. The van der Waals surface area contributed by atoms with Crippen LogP contribution in [-0.4, -0.2) is 15.9 Å². The summed E-state index contributed by atoms with van der Waals surface area (Å²) in [6.45, 7) is 1.86. The molecule has 0 spiro atoms. The number of ether oxygens (including phenoxy) is 1. The molecule has 0 aliphatic heterocycles. The van der Waals surface area contributed by atoms with E-state index in [2.05, 4.69) is 9.97 Å². The van der Waals surface area contributed by atoms with E-state index < -0.39 is 11.4 Å². The van der Waals surface area contributed by atoms with Gasteiger partial charge in [-0.15, -0.1) is 0 Å². The Hall–Kier alpha value is -2.35. The van der Waals surface area contributed by atoms with Gasteiger partial charge in [0.25, 0.3) is 0 Å². The summed E-state index contributed by atoms with van der Waals surface area (Å²) in [7, 11) is 0. The summed E-state index contributed by atoms with van der Waals surface area (Å²) in [6, 6.07) is 7.42. The summed E-state index contributed by atoms with van der Waals surface area (Å²) < 4.78 is 10.5. The van der Waals surface area contributed by atoms with E-state index in [1.165, 1.54) is 30.0 Å². The molecular weight excluding hydrogens is 411 g/mol. The predicted molar refractivity (Wildman–Crippen MR) is 103 cm³/mol. The zero-order valence-electron chi connectivity index (χ0n) is 13.9. The van der Waals surface area contributed by atoms with Crippen molar-refractivity contribution in [3.63, 3.8) is 0 Å². The van der Waals surface area contributed by atoms with Crippen LogP contribution in [0.4, 0.5) is 0 Å². The van der Waals surface area contributed by atoms with Crippen LogP contribution in [0.1, 0.15) is 21.8 Å². The van der Waals surface area contributed by atoms with Gasteiger partial charge in [0.2, 0.25) is 11.2 Å². The van der Waals surface area contributed by atoms with Crippen LogP contribution in [0.2, 0.25) is 10.0 Å². The summed E-state index contributed by atoms with van der Waals surface area (Å²) >= 11 is 13.1. The average molecular weight is 423 g/mol. The topological polar surface area (TPSA) is 82.3 Å². The zero-order chi connectivity index (χ0) is 19.4. The van der Waals surface area contributed by atoms with Gasteiger partial charge in [-0.2, -0.15) is 0 Å². The van der Waals surface area contributed by atoms with Crippen molar-refractivity contribution >= 4 is 40.9 Å². The molecule has 0 atom stereocenters. The number of hydrogen-bond donors (Lipinski definition) is 0. The third-order valence-corrected chi connectivity index (χ3v) is 4.77. The van der Waals surface area contributed by atoms with Gasteiger partial charge in [-0.1, -0.05) is 35.0 Å². The maximum atomic E-state index is 12.2. The first-order chi connectivity index (χ1) is 12.9. The van der Waals surface area contributed by atoms with Gasteiger partial charge in [0.15, 0.2) is 5.16 Å². The van der Waals surface area contributed by atoms with Crippen LogP contribution in [0.5, 0.6) is 5.75 Å². The summed E-state index contributed by atoms with van der Waals surface area (Å²) in [5.41, 5.74) is 0.407. The first kappa shape index (κ1) is 19.4. The van der Waals surface area contributed by atoms with E-state index in [0.29, 0.717) is 21.7 Å². The first-order valence-corrected chi connectivity index (χ1v) is 9.38. The molecule has 138 valence electrons.